The number of anilines is 1. The summed E-state index contributed by atoms with van der Waals surface area (Å²) in [6, 6.07) is 10.6. The van der Waals surface area contributed by atoms with Gasteiger partial charge in [0.15, 0.2) is 0 Å². The fourth-order valence-corrected chi connectivity index (χ4v) is 3.29. The van der Waals surface area contributed by atoms with E-state index in [2.05, 4.69) is 9.46 Å². The normalized spacial score (nSPS) is 11.5. The van der Waals surface area contributed by atoms with E-state index in [1.807, 2.05) is 0 Å². The van der Waals surface area contributed by atoms with Crippen LogP contribution in [0.25, 0.3) is 6.08 Å². The average molecular weight is 386 g/mol. The van der Waals surface area contributed by atoms with Crippen LogP contribution in [0.5, 0.6) is 0 Å². The van der Waals surface area contributed by atoms with Gasteiger partial charge in [-0.3, -0.25) is 4.72 Å². The van der Waals surface area contributed by atoms with Crippen LogP contribution in [-0.4, -0.2) is 21.5 Å². The number of carbonyl (C=O) groups excluding carboxylic acids is 1. The minimum absolute atomic E-state index is 0.0244. The number of sulfonamides is 1. The number of carbonyl (C=O) groups is 1. The van der Waals surface area contributed by atoms with Gasteiger partial charge in [-0.2, -0.15) is 0 Å². The maximum atomic E-state index is 12.5. The van der Waals surface area contributed by atoms with E-state index in [9.17, 15) is 13.2 Å². The highest BCUT2D eigenvalue weighted by Gasteiger charge is 2.16. The van der Waals surface area contributed by atoms with E-state index in [-0.39, 0.29) is 14.9 Å². The molecule has 0 spiro atoms. The van der Waals surface area contributed by atoms with Crippen molar-refractivity contribution in [1.82, 2.24) is 0 Å². The zero-order chi connectivity index (χ0) is 17.7. The molecule has 0 aromatic heterocycles. The zero-order valence-electron chi connectivity index (χ0n) is 12.5. The standard InChI is InChI=1S/C16H13Cl2NO4S/c1-23-16(20)9-6-11-4-2-3-5-15(11)19-24(21,22)12-7-8-13(17)14(18)10-12/h2-10,19H,1H3. The van der Waals surface area contributed by atoms with Crippen molar-refractivity contribution in [2.24, 2.45) is 0 Å². The Morgan fingerprint density at radius 3 is 2.50 bits per heavy atom. The molecule has 0 heterocycles. The van der Waals surface area contributed by atoms with Crippen LogP contribution in [0, 0.1) is 0 Å². The van der Waals surface area contributed by atoms with Gasteiger partial charge in [-0.15, -0.1) is 0 Å². The lowest BCUT2D eigenvalue weighted by atomic mass is 10.2. The monoisotopic (exact) mass is 385 g/mol. The van der Waals surface area contributed by atoms with Crippen LogP contribution in [-0.2, 0) is 19.6 Å². The fraction of sp³-hybridized carbons (Fsp3) is 0.0625. The topological polar surface area (TPSA) is 72.5 Å². The van der Waals surface area contributed by atoms with Gasteiger partial charge in [0, 0.05) is 6.08 Å². The summed E-state index contributed by atoms with van der Waals surface area (Å²) in [5, 5.41) is 0.399. The molecule has 0 aliphatic heterocycles. The zero-order valence-corrected chi connectivity index (χ0v) is 14.8. The van der Waals surface area contributed by atoms with Crippen molar-refractivity contribution < 1.29 is 17.9 Å². The van der Waals surface area contributed by atoms with Crippen molar-refractivity contribution in [2.45, 2.75) is 4.90 Å². The number of hydrogen-bond acceptors (Lipinski definition) is 4. The van der Waals surface area contributed by atoms with Crippen molar-refractivity contribution in [3.05, 3.63) is 64.1 Å². The molecule has 0 fully saturated rings. The van der Waals surface area contributed by atoms with Crippen LogP contribution in [0.3, 0.4) is 0 Å². The maximum absolute atomic E-state index is 12.5. The van der Waals surface area contributed by atoms with Crippen molar-refractivity contribution >= 4 is 51.0 Å². The quantitative estimate of drug-likeness (QED) is 0.623. The van der Waals surface area contributed by atoms with Gasteiger partial charge in [-0.25, -0.2) is 13.2 Å². The third kappa shape index (κ3) is 4.50. The van der Waals surface area contributed by atoms with Crippen LogP contribution in [0.4, 0.5) is 5.69 Å². The van der Waals surface area contributed by atoms with Gasteiger partial charge >= 0.3 is 5.97 Å². The highest BCUT2D eigenvalue weighted by atomic mass is 35.5. The van der Waals surface area contributed by atoms with Crippen LogP contribution >= 0.6 is 23.2 Å². The minimum atomic E-state index is -3.86. The first kappa shape index (κ1) is 18.3. The number of halogens is 2. The average Bonchev–Trinajstić information content (AvgIpc) is 2.55. The molecule has 24 heavy (non-hydrogen) atoms. The SMILES string of the molecule is COC(=O)C=Cc1ccccc1NS(=O)(=O)c1ccc(Cl)c(Cl)c1. The maximum Gasteiger partial charge on any atom is 0.330 e. The third-order valence-corrected chi connectivity index (χ3v) is 5.11. The van der Waals surface area contributed by atoms with Crippen molar-refractivity contribution in [3.8, 4) is 0 Å². The molecule has 0 aliphatic rings. The summed E-state index contributed by atoms with van der Waals surface area (Å²) in [6.07, 6.45) is 2.66. The molecule has 8 heteroatoms. The summed E-state index contributed by atoms with van der Waals surface area (Å²) in [5.74, 6) is -0.544. The Hall–Kier alpha value is -2.02. The Morgan fingerprint density at radius 2 is 1.83 bits per heavy atom. The van der Waals surface area contributed by atoms with Gasteiger partial charge < -0.3 is 4.74 Å². The lowest BCUT2D eigenvalue weighted by Crippen LogP contribution is -2.13. The predicted molar refractivity (Wildman–Crippen MR) is 94.8 cm³/mol. The molecular weight excluding hydrogens is 373 g/mol. The highest BCUT2D eigenvalue weighted by molar-refractivity contribution is 7.92. The van der Waals surface area contributed by atoms with Gasteiger partial charge in [0.05, 0.1) is 27.7 Å². The van der Waals surface area contributed by atoms with E-state index in [0.717, 1.165) is 0 Å². The summed E-state index contributed by atoms with van der Waals surface area (Å²) >= 11 is 11.7. The number of nitrogens with one attached hydrogen (secondary N) is 1. The molecule has 126 valence electrons. The summed E-state index contributed by atoms with van der Waals surface area (Å²) in [7, 11) is -2.61. The molecule has 5 nitrogen and oxygen atoms in total. The molecule has 2 rings (SSSR count). The van der Waals surface area contributed by atoms with Gasteiger partial charge in [0.2, 0.25) is 0 Å². The van der Waals surface area contributed by atoms with E-state index in [4.69, 9.17) is 23.2 Å². The molecule has 0 saturated carbocycles. The molecule has 0 bridgehead atoms. The lowest BCUT2D eigenvalue weighted by molar-refractivity contribution is -0.134. The second kappa shape index (κ2) is 7.70. The second-order valence-corrected chi connectivity index (χ2v) is 7.12. The van der Waals surface area contributed by atoms with Crippen LogP contribution in [0.15, 0.2) is 53.4 Å². The highest BCUT2D eigenvalue weighted by Crippen LogP contribution is 2.27. The molecule has 0 aliphatic carbocycles. The number of methoxy groups -OCH3 is 1. The van der Waals surface area contributed by atoms with Crippen molar-refractivity contribution in [3.63, 3.8) is 0 Å². The molecule has 1 N–H and O–H groups in total. The first-order valence-electron chi connectivity index (χ1n) is 6.66. The van der Waals surface area contributed by atoms with E-state index in [1.54, 1.807) is 24.3 Å². The molecule has 0 amide bonds. The van der Waals surface area contributed by atoms with Gasteiger partial charge in [-0.1, -0.05) is 41.4 Å². The lowest BCUT2D eigenvalue weighted by Gasteiger charge is -2.11. The summed E-state index contributed by atoms with van der Waals surface area (Å²) in [5.41, 5.74) is 0.815. The number of hydrogen-bond donors (Lipinski definition) is 1. The largest absolute Gasteiger partial charge is 0.466 e. The summed E-state index contributed by atoms with van der Waals surface area (Å²) in [4.78, 5) is 11.2. The summed E-state index contributed by atoms with van der Waals surface area (Å²) in [6.45, 7) is 0. The Balaban J connectivity index is 2.34. The first-order valence-corrected chi connectivity index (χ1v) is 8.90. The predicted octanol–water partition coefficient (Wildman–Crippen LogP) is 3.98. The van der Waals surface area contributed by atoms with E-state index < -0.39 is 16.0 Å². The van der Waals surface area contributed by atoms with E-state index in [0.29, 0.717) is 11.3 Å². The number of para-hydroxylation sites is 1. The second-order valence-electron chi connectivity index (χ2n) is 4.63. The summed E-state index contributed by atoms with van der Waals surface area (Å²) < 4.78 is 31.9. The third-order valence-electron chi connectivity index (χ3n) is 3.01. The Labute approximate surface area is 149 Å². The van der Waals surface area contributed by atoms with Gasteiger partial charge in [-0.05, 0) is 35.9 Å². The van der Waals surface area contributed by atoms with Gasteiger partial charge in [0.1, 0.15) is 0 Å². The van der Waals surface area contributed by atoms with Crippen LogP contribution in [0.2, 0.25) is 10.0 Å². The molecule has 0 radical (unpaired) electrons. The van der Waals surface area contributed by atoms with Crippen molar-refractivity contribution in [1.29, 1.82) is 0 Å². The van der Waals surface area contributed by atoms with Gasteiger partial charge in [0.25, 0.3) is 10.0 Å². The molecule has 0 unspecified atom stereocenters. The number of rotatable bonds is 5. The smallest absolute Gasteiger partial charge is 0.330 e. The number of benzene rings is 2. The minimum Gasteiger partial charge on any atom is -0.466 e. The molecule has 0 saturated heterocycles. The molecular formula is C16H13Cl2NO4S. The first-order chi connectivity index (χ1) is 11.3. The Bertz CT molecular complexity index is 895. The molecule has 2 aromatic rings. The Morgan fingerprint density at radius 1 is 1.12 bits per heavy atom. The van der Waals surface area contributed by atoms with Crippen LogP contribution < -0.4 is 4.72 Å². The fourth-order valence-electron chi connectivity index (χ4n) is 1.81. The number of ether oxygens (including phenoxy) is 1. The number of esters is 1. The molecule has 2 aromatic carbocycles. The molecule has 0 atom stereocenters. The van der Waals surface area contributed by atoms with E-state index in [1.165, 1.54) is 37.5 Å². The van der Waals surface area contributed by atoms with E-state index >= 15 is 0 Å². The van der Waals surface area contributed by atoms with Crippen molar-refractivity contribution in [2.75, 3.05) is 11.8 Å². The Kier molecular flexibility index (Phi) is 5.88. The van der Waals surface area contributed by atoms with Crippen LogP contribution in [0.1, 0.15) is 5.56 Å².